The predicted octanol–water partition coefficient (Wildman–Crippen LogP) is 4.58. The Kier molecular flexibility index (Phi) is 3.80. The Morgan fingerprint density at radius 1 is 1.11 bits per heavy atom. The summed E-state index contributed by atoms with van der Waals surface area (Å²) in [6.45, 7) is 3.36. The summed E-state index contributed by atoms with van der Waals surface area (Å²) in [4.78, 5) is 12.3. The van der Waals surface area contributed by atoms with Gasteiger partial charge in [0.15, 0.2) is 5.78 Å². The summed E-state index contributed by atoms with van der Waals surface area (Å²) >= 11 is 3.25. The van der Waals surface area contributed by atoms with Crippen molar-refractivity contribution in [2.45, 2.75) is 13.8 Å². The lowest BCUT2D eigenvalue weighted by molar-refractivity contribution is 0.103. The van der Waals surface area contributed by atoms with E-state index in [0.717, 1.165) is 11.6 Å². The summed E-state index contributed by atoms with van der Waals surface area (Å²) < 4.78 is 28.2. The van der Waals surface area contributed by atoms with Crippen LogP contribution in [0.1, 0.15) is 27.0 Å². The number of benzene rings is 2. The van der Waals surface area contributed by atoms with Gasteiger partial charge in [0, 0.05) is 10.0 Å². The van der Waals surface area contributed by atoms with Crippen molar-refractivity contribution in [2.24, 2.45) is 0 Å². The van der Waals surface area contributed by atoms with Crippen molar-refractivity contribution < 1.29 is 13.6 Å². The standard InChI is InChI=1S/C15H11BrF2O/c1-8-3-5-10(11(16)7-8)15(19)13-12(17)6-4-9(2)14(13)18/h3-7H,1-2H3. The van der Waals surface area contributed by atoms with Crippen molar-refractivity contribution in [3.8, 4) is 0 Å². The first-order valence-electron chi connectivity index (χ1n) is 5.67. The molecule has 0 spiro atoms. The van der Waals surface area contributed by atoms with E-state index in [1.807, 2.05) is 6.92 Å². The van der Waals surface area contributed by atoms with Crippen LogP contribution in [0, 0.1) is 25.5 Å². The van der Waals surface area contributed by atoms with Crippen LogP contribution in [-0.2, 0) is 0 Å². The molecule has 0 N–H and O–H groups in total. The van der Waals surface area contributed by atoms with E-state index in [-0.39, 0.29) is 11.1 Å². The van der Waals surface area contributed by atoms with Crippen LogP contribution in [0.15, 0.2) is 34.8 Å². The van der Waals surface area contributed by atoms with Gasteiger partial charge in [-0.25, -0.2) is 8.78 Å². The first kappa shape index (κ1) is 13.9. The molecule has 0 amide bonds. The second-order valence-electron chi connectivity index (χ2n) is 4.37. The third-order valence-corrected chi connectivity index (χ3v) is 3.54. The fourth-order valence-electron chi connectivity index (χ4n) is 1.80. The summed E-state index contributed by atoms with van der Waals surface area (Å²) in [5.74, 6) is -2.32. The number of carbonyl (C=O) groups excluding carboxylic acids is 1. The smallest absolute Gasteiger partial charge is 0.200 e. The fourth-order valence-corrected chi connectivity index (χ4v) is 2.48. The van der Waals surface area contributed by atoms with Crippen molar-refractivity contribution >= 4 is 21.7 Å². The lowest BCUT2D eigenvalue weighted by Gasteiger charge is -2.08. The number of hydrogen-bond donors (Lipinski definition) is 0. The molecule has 0 atom stereocenters. The number of ketones is 1. The highest BCUT2D eigenvalue weighted by Gasteiger charge is 2.22. The minimum Gasteiger partial charge on any atom is -0.288 e. The van der Waals surface area contributed by atoms with Gasteiger partial charge in [0.2, 0.25) is 0 Å². The molecule has 4 heteroatoms. The maximum Gasteiger partial charge on any atom is 0.200 e. The highest BCUT2D eigenvalue weighted by atomic mass is 79.9. The fraction of sp³-hybridized carbons (Fsp3) is 0.133. The summed E-state index contributed by atoms with van der Waals surface area (Å²) in [6, 6.07) is 7.44. The Bertz CT molecular complexity index is 665. The molecule has 98 valence electrons. The van der Waals surface area contributed by atoms with Crippen LogP contribution in [0.2, 0.25) is 0 Å². The minimum atomic E-state index is -0.847. The van der Waals surface area contributed by atoms with Crippen LogP contribution in [-0.4, -0.2) is 5.78 Å². The molecule has 0 fully saturated rings. The molecule has 2 aromatic rings. The molecule has 19 heavy (non-hydrogen) atoms. The van der Waals surface area contributed by atoms with Crippen LogP contribution in [0.4, 0.5) is 8.78 Å². The Morgan fingerprint density at radius 2 is 1.79 bits per heavy atom. The van der Waals surface area contributed by atoms with Crippen LogP contribution in [0.3, 0.4) is 0 Å². The van der Waals surface area contributed by atoms with Crippen LogP contribution >= 0.6 is 15.9 Å². The van der Waals surface area contributed by atoms with Crippen molar-refractivity contribution in [3.05, 3.63) is 68.7 Å². The Morgan fingerprint density at radius 3 is 2.42 bits per heavy atom. The molecule has 0 saturated carbocycles. The molecule has 0 aliphatic heterocycles. The average molecular weight is 325 g/mol. The number of aryl methyl sites for hydroxylation is 2. The Labute approximate surface area is 118 Å². The molecule has 2 aromatic carbocycles. The zero-order valence-corrected chi connectivity index (χ0v) is 12.0. The molecule has 0 aliphatic carbocycles. The van der Waals surface area contributed by atoms with Gasteiger partial charge in [-0.1, -0.05) is 28.1 Å². The van der Waals surface area contributed by atoms with Gasteiger partial charge in [0.25, 0.3) is 0 Å². The van der Waals surface area contributed by atoms with Crippen LogP contribution in [0.5, 0.6) is 0 Å². The maximum atomic E-state index is 13.9. The molecule has 0 saturated heterocycles. The second kappa shape index (κ2) is 5.21. The number of rotatable bonds is 2. The van der Waals surface area contributed by atoms with Gasteiger partial charge < -0.3 is 0 Å². The van der Waals surface area contributed by atoms with Crippen LogP contribution < -0.4 is 0 Å². The van der Waals surface area contributed by atoms with Crippen molar-refractivity contribution in [1.29, 1.82) is 0 Å². The van der Waals surface area contributed by atoms with Crippen molar-refractivity contribution in [3.63, 3.8) is 0 Å². The van der Waals surface area contributed by atoms with E-state index in [4.69, 9.17) is 0 Å². The van der Waals surface area contributed by atoms with Gasteiger partial charge in [-0.15, -0.1) is 0 Å². The zero-order chi connectivity index (χ0) is 14.2. The lowest BCUT2D eigenvalue weighted by Crippen LogP contribution is -2.09. The molecule has 0 aromatic heterocycles. The highest BCUT2D eigenvalue weighted by molar-refractivity contribution is 9.10. The second-order valence-corrected chi connectivity index (χ2v) is 5.22. The van der Waals surface area contributed by atoms with Crippen molar-refractivity contribution in [2.75, 3.05) is 0 Å². The predicted molar refractivity (Wildman–Crippen MR) is 73.4 cm³/mol. The largest absolute Gasteiger partial charge is 0.288 e. The van der Waals surface area contributed by atoms with Gasteiger partial charge in [-0.3, -0.25) is 4.79 Å². The molecular weight excluding hydrogens is 314 g/mol. The molecule has 1 nitrogen and oxygen atoms in total. The third-order valence-electron chi connectivity index (χ3n) is 2.88. The molecule has 0 aliphatic rings. The summed E-state index contributed by atoms with van der Waals surface area (Å²) in [7, 11) is 0. The SMILES string of the molecule is Cc1ccc(C(=O)c2c(F)ccc(C)c2F)c(Br)c1. The molecule has 2 rings (SSSR count). The maximum absolute atomic E-state index is 13.9. The lowest BCUT2D eigenvalue weighted by atomic mass is 9.99. The van der Waals surface area contributed by atoms with Gasteiger partial charge >= 0.3 is 0 Å². The Balaban J connectivity index is 2.59. The first-order valence-corrected chi connectivity index (χ1v) is 6.46. The molecule has 0 radical (unpaired) electrons. The topological polar surface area (TPSA) is 17.1 Å². The molecule has 0 heterocycles. The van der Waals surface area contributed by atoms with E-state index in [1.54, 1.807) is 18.2 Å². The monoisotopic (exact) mass is 324 g/mol. The van der Waals surface area contributed by atoms with Gasteiger partial charge in [-0.2, -0.15) is 0 Å². The van der Waals surface area contributed by atoms with Gasteiger partial charge in [0.1, 0.15) is 11.6 Å². The van der Waals surface area contributed by atoms with E-state index in [0.29, 0.717) is 4.47 Å². The van der Waals surface area contributed by atoms with Crippen molar-refractivity contribution in [1.82, 2.24) is 0 Å². The molecule has 0 unspecified atom stereocenters. The van der Waals surface area contributed by atoms with E-state index in [2.05, 4.69) is 15.9 Å². The molecule has 0 bridgehead atoms. The van der Waals surface area contributed by atoms with E-state index in [1.165, 1.54) is 13.0 Å². The summed E-state index contributed by atoms with van der Waals surface area (Å²) in [5, 5.41) is 0. The van der Waals surface area contributed by atoms with Gasteiger partial charge in [-0.05, 0) is 43.2 Å². The normalized spacial score (nSPS) is 10.6. The number of carbonyl (C=O) groups is 1. The quantitative estimate of drug-likeness (QED) is 0.739. The number of halogens is 3. The third kappa shape index (κ3) is 2.59. The average Bonchev–Trinajstić information content (AvgIpc) is 2.34. The summed E-state index contributed by atoms with van der Waals surface area (Å²) in [6.07, 6.45) is 0. The number of hydrogen-bond acceptors (Lipinski definition) is 1. The van der Waals surface area contributed by atoms with Crippen LogP contribution in [0.25, 0.3) is 0 Å². The van der Waals surface area contributed by atoms with Gasteiger partial charge in [0.05, 0.1) is 5.56 Å². The molecular formula is C15H11BrF2O. The summed E-state index contributed by atoms with van der Waals surface area (Å²) in [5.41, 5.74) is 0.931. The minimum absolute atomic E-state index is 0.244. The Hall–Kier alpha value is -1.55. The van der Waals surface area contributed by atoms with E-state index >= 15 is 0 Å². The zero-order valence-electron chi connectivity index (χ0n) is 10.4. The van der Waals surface area contributed by atoms with E-state index < -0.39 is 23.0 Å². The van der Waals surface area contributed by atoms with E-state index in [9.17, 15) is 13.6 Å². The first-order chi connectivity index (χ1) is 8.91. The highest BCUT2D eigenvalue weighted by Crippen LogP contribution is 2.25.